The van der Waals surface area contributed by atoms with Gasteiger partial charge in [-0.3, -0.25) is 9.78 Å². The molecule has 1 fully saturated rings. The van der Waals surface area contributed by atoms with E-state index in [-0.39, 0.29) is 24.4 Å². The van der Waals surface area contributed by atoms with Crippen molar-refractivity contribution in [3.8, 4) is 11.3 Å². The van der Waals surface area contributed by atoms with Crippen molar-refractivity contribution in [2.45, 2.75) is 25.4 Å². The smallest absolute Gasteiger partial charge is 0.226 e. The lowest BCUT2D eigenvalue weighted by atomic mass is 10.0. The van der Waals surface area contributed by atoms with Crippen molar-refractivity contribution in [1.29, 1.82) is 0 Å². The third-order valence-electron chi connectivity index (χ3n) is 6.16. The van der Waals surface area contributed by atoms with Crippen LogP contribution in [-0.4, -0.2) is 27.4 Å². The van der Waals surface area contributed by atoms with E-state index in [4.69, 9.17) is 28.2 Å². The summed E-state index contributed by atoms with van der Waals surface area (Å²) in [5.41, 5.74) is 3.69. The van der Waals surface area contributed by atoms with Crippen LogP contribution in [0.3, 0.4) is 0 Å². The van der Waals surface area contributed by atoms with Crippen molar-refractivity contribution in [2.75, 3.05) is 11.9 Å². The topological polar surface area (TPSA) is 70.4 Å². The Kier molecular flexibility index (Phi) is 7.02. The number of benzene rings is 2. The monoisotopic (exact) mass is 516 g/mol. The second-order valence-corrected chi connectivity index (χ2v) is 9.52. The number of amides is 1. The Balaban J connectivity index is 1.38. The summed E-state index contributed by atoms with van der Waals surface area (Å²) in [7, 11) is 0. The Morgan fingerprint density at radius 3 is 2.58 bits per heavy atom. The summed E-state index contributed by atoms with van der Waals surface area (Å²) < 4.78 is 6.32. The molecule has 1 aliphatic rings. The van der Waals surface area contributed by atoms with E-state index in [1.54, 1.807) is 6.20 Å². The van der Waals surface area contributed by atoms with Gasteiger partial charge in [-0.2, -0.15) is 0 Å². The lowest BCUT2D eigenvalue weighted by Gasteiger charge is -2.25. The second-order valence-electron chi connectivity index (χ2n) is 8.69. The lowest BCUT2D eigenvalue weighted by Crippen LogP contribution is -2.32. The first-order chi connectivity index (χ1) is 17.5. The molecule has 1 saturated heterocycles. The predicted molar refractivity (Wildman–Crippen MR) is 146 cm³/mol. The molecule has 0 unspecified atom stereocenters. The molecule has 0 aliphatic carbocycles. The van der Waals surface area contributed by atoms with Crippen LogP contribution < -0.4 is 10.6 Å². The third-order valence-corrected chi connectivity index (χ3v) is 6.76. The fourth-order valence-corrected chi connectivity index (χ4v) is 4.78. The zero-order valence-corrected chi connectivity index (χ0v) is 21.2. The van der Waals surface area contributed by atoms with E-state index in [1.165, 1.54) is 0 Å². The molecule has 2 aromatic carbocycles. The first kappa shape index (κ1) is 24.0. The zero-order valence-electron chi connectivity index (χ0n) is 19.6. The molecule has 3 heterocycles. The predicted octanol–water partition coefficient (Wildman–Crippen LogP) is 6.30. The Hall–Kier alpha value is -3.68. The number of hydrogen-bond donors (Lipinski definition) is 2. The molecule has 182 valence electrons. The van der Waals surface area contributed by atoms with Crippen molar-refractivity contribution >= 4 is 40.5 Å². The number of carbonyl (C=O) groups excluding carboxylic acids is 1. The van der Waals surface area contributed by atoms with E-state index in [9.17, 15) is 4.79 Å². The number of hydrogen-bond acceptors (Lipinski definition) is 4. The first-order valence-electron chi connectivity index (χ1n) is 11.7. The van der Waals surface area contributed by atoms with Gasteiger partial charge in [-0.15, -0.1) is 0 Å². The van der Waals surface area contributed by atoms with Crippen LogP contribution in [0.15, 0.2) is 89.5 Å². The number of rotatable bonds is 7. The fraction of sp³-hybridized carbons (Fsp3) is 0.179. The number of thiocarbonyl (C=S) groups is 1. The highest BCUT2D eigenvalue weighted by molar-refractivity contribution is 7.80. The first-order valence-corrected chi connectivity index (χ1v) is 12.5. The van der Waals surface area contributed by atoms with Crippen molar-refractivity contribution in [3.63, 3.8) is 0 Å². The van der Waals surface area contributed by atoms with Crippen molar-refractivity contribution in [1.82, 2.24) is 15.2 Å². The molecule has 2 N–H and O–H groups in total. The van der Waals surface area contributed by atoms with Crippen molar-refractivity contribution in [3.05, 3.63) is 107 Å². The van der Waals surface area contributed by atoms with Crippen LogP contribution in [0.5, 0.6) is 0 Å². The summed E-state index contributed by atoms with van der Waals surface area (Å²) in [5.74, 6) is 1.39. The molecule has 0 saturated carbocycles. The summed E-state index contributed by atoms with van der Waals surface area (Å²) in [5, 5.41) is 7.58. The van der Waals surface area contributed by atoms with E-state index in [2.05, 4.69) is 15.6 Å². The molecule has 6 nitrogen and oxygen atoms in total. The summed E-state index contributed by atoms with van der Waals surface area (Å²) in [4.78, 5) is 19.3. The van der Waals surface area contributed by atoms with E-state index in [0.717, 1.165) is 34.0 Å². The quantitative estimate of drug-likeness (QED) is 0.281. The van der Waals surface area contributed by atoms with Gasteiger partial charge >= 0.3 is 0 Å². The van der Waals surface area contributed by atoms with Crippen LogP contribution in [0.25, 0.3) is 11.3 Å². The van der Waals surface area contributed by atoms with Gasteiger partial charge in [0.25, 0.3) is 0 Å². The van der Waals surface area contributed by atoms with E-state index in [0.29, 0.717) is 16.7 Å². The highest BCUT2D eigenvalue weighted by atomic mass is 35.5. The summed E-state index contributed by atoms with van der Waals surface area (Å²) in [6.07, 6.45) is 2.03. The van der Waals surface area contributed by atoms with Crippen LogP contribution >= 0.6 is 23.8 Å². The molecule has 5 rings (SSSR count). The maximum atomic E-state index is 12.7. The third kappa shape index (κ3) is 5.27. The van der Waals surface area contributed by atoms with Gasteiger partial charge in [0.15, 0.2) is 5.11 Å². The molecule has 2 atom stereocenters. The number of furan rings is 1. The number of carbonyl (C=O) groups is 1. The van der Waals surface area contributed by atoms with Gasteiger partial charge < -0.3 is 20.0 Å². The normalized spacial score (nSPS) is 17.2. The van der Waals surface area contributed by atoms with Crippen LogP contribution in [0, 0.1) is 6.92 Å². The van der Waals surface area contributed by atoms with Crippen LogP contribution in [0.2, 0.25) is 5.02 Å². The molecular formula is C28H25ClN4O2S. The number of pyridine rings is 1. The molecule has 36 heavy (non-hydrogen) atoms. The van der Waals surface area contributed by atoms with Gasteiger partial charge in [0.05, 0.1) is 11.7 Å². The lowest BCUT2D eigenvalue weighted by molar-refractivity contribution is -0.116. The fourth-order valence-electron chi connectivity index (χ4n) is 4.32. The highest BCUT2D eigenvalue weighted by Gasteiger charge is 2.41. The minimum absolute atomic E-state index is 0.0806. The average Bonchev–Trinajstić information content (AvgIpc) is 3.50. The molecular weight excluding hydrogens is 492 g/mol. The summed E-state index contributed by atoms with van der Waals surface area (Å²) in [6.45, 7) is 2.44. The summed E-state index contributed by atoms with van der Waals surface area (Å²) >= 11 is 11.8. The second kappa shape index (κ2) is 10.5. The number of nitrogens with zero attached hydrogens (tertiary/aromatic N) is 2. The van der Waals surface area contributed by atoms with Gasteiger partial charge in [-0.1, -0.05) is 35.4 Å². The number of nitrogens with one attached hydrogen (secondary N) is 2. The molecule has 8 heteroatoms. The molecule has 0 spiro atoms. The van der Waals surface area contributed by atoms with Gasteiger partial charge in [0.1, 0.15) is 17.6 Å². The van der Waals surface area contributed by atoms with Crippen LogP contribution in [-0.2, 0) is 4.79 Å². The maximum Gasteiger partial charge on any atom is 0.226 e. The Bertz CT molecular complexity index is 1360. The standard InChI is InChI=1S/C28H25ClN4O2S/c1-18-5-11-21(12-6-18)31-25(34)15-17-33-27(26(32-28(33)36)22-4-2-3-16-30-22)24-14-13-23(35-24)19-7-9-20(29)10-8-19/h2-14,16,26-27H,15,17H2,1H3,(H,31,34)(H,32,36)/t26-,27-/m1/s1. The van der Waals surface area contributed by atoms with E-state index < -0.39 is 0 Å². The SMILES string of the molecule is Cc1ccc(NC(=O)CCN2C(=S)N[C@H](c3ccccn3)[C@H]2c2ccc(-c3ccc(Cl)cc3)o2)cc1. The van der Waals surface area contributed by atoms with E-state index >= 15 is 0 Å². The molecule has 1 aliphatic heterocycles. The zero-order chi connectivity index (χ0) is 25.1. The maximum absolute atomic E-state index is 12.7. The van der Waals surface area contributed by atoms with Crippen molar-refractivity contribution in [2.24, 2.45) is 0 Å². The minimum Gasteiger partial charge on any atom is -0.459 e. The van der Waals surface area contributed by atoms with Gasteiger partial charge in [0, 0.05) is 35.4 Å². The van der Waals surface area contributed by atoms with E-state index in [1.807, 2.05) is 90.7 Å². The van der Waals surface area contributed by atoms with Crippen molar-refractivity contribution < 1.29 is 9.21 Å². The number of aromatic nitrogens is 1. The van der Waals surface area contributed by atoms with Crippen LogP contribution in [0.1, 0.15) is 35.5 Å². The highest BCUT2D eigenvalue weighted by Crippen LogP contribution is 2.40. The molecule has 0 bridgehead atoms. The molecule has 0 radical (unpaired) electrons. The number of anilines is 1. The number of aryl methyl sites for hydroxylation is 1. The molecule has 1 amide bonds. The van der Waals surface area contributed by atoms with Gasteiger partial charge in [-0.05, 0) is 79.8 Å². The largest absolute Gasteiger partial charge is 0.459 e. The summed E-state index contributed by atoms with van der Waals surface area (Å²) in [6, 6.07) is 24.5. The average molecular weight is 517 g/mol. The van der Waals surface area contributed by atoms with Gasteiger partial charge in [0.2, 0.25) is 5.91 Å². The minimum atomic E-state index is -0.263. The van der Waals surface area contributed by atoms with Crippen LogP contribution in [0.4, 0.5) is 5.69 Å². The Morgan fingerprint density at radius 1 is 1.08 bits per heavy atom. The molecule has 2 aromatic heterocycles. The number of halogens is 1. The Morgan fingerprint density at radius 2 is 1.86 bits per heavy atom. The van der Waals surface area contributed by atoms with Gasteiger partial charge in [-0.25, -0.2) is 0 Å². The Labute approximate surface area is 220 Å². The molecule has 4 aromatic rings.